The van der Waals surface area contributed by atoms with Gasteiger partial charge in [-0.3, -0.25) is 0 Å². The number of aromatic carboxylic acids is 6. The molecule has 2 rings (SSSR count). The highest BCUT2D eigenvalue weighted by molar-refractivity contribution is 6.03. The van der Waals surface area contributed by atoms with Crippen LogP contribution < -0.4 is 0 Å². The summed E-state index contributed by atoms with van der Waals surface area (Å²) in [6, 6.07) is 5.51. The third-order valence-corrected chi connectivity index (χ3v) is 3.40. The number of carboxylic acids is 6. The highest BCUT2D eigenvalue weighted by Gasteiger charge is 2.18. The molecule has 0 spiro atoms. The maximum absolute atomic E-state index is 10.6. The summed E-state index contributed by atoms with van der Waals surface area (Å²) in [5.74, 6) is -8.32. The Balaban J connectivity index is 0.000000300. The molecule has 0 fully saturated rings. The highest BCUT2D eigenvalue weighted by Crippen LogP contribution is 2.13. The molecule has 0 aromatic heterocycles. The molecule has 0 aliphatic carbocycles. The van der Waals surface area contributed by atoms with Crippen molar-refractivity contribution < 1.29 is 59.4 Å². The van der Waals surface area contributed by atoms with E-state index in [0.29, 0.717) is 0 Å². The third kappa shape index (κ3) is 5.88. The second-order valence-corrected chi connectivity index (χ2v) is 5.39. The van der Waals surface area contributed by atoms with E-state index < -0.39 is 46.9 Å². The quantitative estimate of drug-likeness (QED) is 0.391. The fraction of sp³-hybridized carbons (Fsp3) is 0. The van der Waals surface area contributed by atoms with Crippen molar-refractivity contribution in [2.24, 2.45) is 0 Å². The first kappa shape index (κ1) is 23.3. The zero-order valence-corrected chi connectivity index (χ0v) is 14.6. The Labute approximate surface area is 165 Å². The summed E-state index contributed by atoms with van der Waals surface area (Å²) >= 11 is 0. The number of carbonyl (C=O) groups is 6. The number of hydrogen-bond acceptors (Lipinski definition) is 6. The molecule has 156 valence electrons. The van der Waals surface area contributed by atoms with Crippen LogP contribution in [0.15, 0.2) is 36.4 Å². The van der Waals surface area contributed by atoms with Gasteiger partial charge in [0.15, 0.2) is 0 Å². The summed E-state index contributed by atoms with van der Waals surface area (Å²) < 4.78 is 0. The first-order valence-corrected chi connectivity index (χ1v) is 7.54. The van der Waals surface area contributed by atoms with Crippen LogP contribution in [0.5, 0.6) is 0 Å². The molecule has 2 aromatic carbocycles. The minimum Gasteiger partial charge on any atom is -0.478 e. The molecule has 12 heteroatoms. The van der Waals surface area contributed by atoms with Crippen molar-refractivity contribution in [1.29, 1.82) is 0 Å². The maximum atomic E-state index is 10.6. The molecule has 12 nitrogen and oxygen atoms in total. The summed E-state index contributed by atoms with van der Waals surface area (Å²) in [7, 11) is 0. The van der Waals surface area contributed by atoms with E-state index in [1.807, 2.05) is 0 Å². The van der Waals surface area contributed by atoms with Gasteiger partial charge in [0.1, 0.15) is 0 Å². The minimum atomic E-state index is -1.48. The standard InChI is InChI=1S/2C9H6O6/c10-7(11)4-1-5(8(12)13)3-6(2-4)9(14)15;10-7(11)4-1-2-5(8(12)13)6(3-4)9(14)15/h2*1-3H,(H,10,11)(H,12,13)(H,14,15). The van der Waals surface area contributed by atoms with Crippen LogP contribution >= 0.6 is 0 Å². The SMILES string of the molecule is O=C(O)c1cc(C(=O)O)cc(C(=O)O)c1.O=C(O)c1ccc(C(=O)O)c(C(=O)O)c1. The minimum absolute atomic E-state index is 0.266. The monoisotopic (exact) mass is 420 g/mol. The van der Waals surface area contributed by atoms with Gasteiger partial charge in [0.2, 0.25) is 0 Å². The Morgan fingerprint density at radius 2 is 0.733 bits per heavy atom. The molecule has 0 heterocycles. The molecule has 0 unspecified atom stereocenters. The van der Waals surface area contributed by atoms with Crippen LogP contribution in [-0.2, 0) is 0 Å². The lowest BCUT2D eigenvalue weighted by molar-refractivity contribution is 0.0649. The number of hydrogen-bond donors (Lipinski definition) is 6. The van der Waals surface area contributed by atoms with E-state index in [4.69, 9.17) is 30.6 Å². The molecule has 0 aliphatic heterocycles. The van der Waals surface area contributed by atoms with Crippen molar-refractivity contribution in [2.75, 3.05) is 0 Å². The Bertz CT molecular complexity index is 988. The van der Waals surface area contributed by atoms with E-state index in [9.17, 15) is 28.8 Å². The molecule has 0 saturated heterocycles. The summed E-state index contributed by atoms with van der Waals surface area (Å²) in [6.07, 6.45) is 0. The summed E-state index contributed by atoms with van der Waals surface area (Å²) in [4.78, 5) is 63.5. The number of carboxylic acid groups (broad SMARTS) is 6. The molecular formula is C18H12O12. The van der Waals surface area contributed by atoms with Crippen LogP contribution in [0.3, 0.4) is 0 Å². The lowest BCUT2D eigenvalue weighted by atomic mass is 10.0. The van der Waals surface area contributed by atoms with Crippen LogP contribution in [0.25, 0.3) is 0 Å². The van der Waals surface area contributed by atoms with Gasteiger partial charge in [-0.15, -0.1) is 0 Å². The Hall–Kier alpha value is -4.74. The lowest BCUT2D eigenvalue weighted by Gasteiger charge is -2.02. The fourth-order valence-corrected chi connectivity index (χ4v) is 2.04. The average molecular weight is 420 g/mol. The van der Waals surface area contributed by atoms with Crippen molar-refractivity contribution in [3.8, 4) is 0 Å². The molecule has 30 heavy (non-hydrogen) atoms. The molecule has 0 radical (unpaired) electrons. The molecule has 0 bridgehead atoms. The molecule has 0 aliphatic rings. The largest absolute Gasteiger partial charge is 0.478 e. The highest BCUT2D eigenvalue weighted by atomic mass is 16.4. The van der Waals surface area contributed by atoms with Gasteiger partial charge >= 0.3 is 35.8 Å². The number of benzene rings is 2. The van der Waals surface area contributed by atoms with Gasteiger partial charge < -0.3 is 30.6 Å². The van der Waals surface area contributed by atoms with Crippen LogP contribution in [-0.4, -0.2) is 66.5 Å². The smallest absolute Gasteiger partial charge is 0.336 e. The molecule has 0 amide bonds. The topological polar surface area (TPSA) is 224 Å². The molecule has 0 atom stereocenters. The van der Waals surface area contributed by atoms with Crippen LogP contribution in [0, 0.1) is 0 Å². The predicted octanol–water partition coefficient (Wildman–Crippen LogP) is 1.56. The molecular weight excluding hydrogens is 408 g/mol. The van der Waals surface area contributed by atoms with Crippen molar-refractivity contribution in [3.05, 3.63) is 69.8 Å². The molecule has 2 aromatic rings. The van der Waals surface area contributed by atoms with Gasteiger partial charge in [-0.25, -0.2) is 28.8 Å². The van der Waals surface area contributed by atoms with Crippen LogP contribution in [0.4, 0.5) is 0 Å². The summed E-state index contributed by atoms with van der Waals surface area (Å²) in [6.45, 7) is 0. The summed E-state index contributed by atoms with van der Waals surface area (Å²) in [5, 5.41) is 51.7. The van der Waals surface area contributed by atoms with Gasteiger partial charge in [0.05, 0.1) is 33.4 Å². The summed E-state index contributed by atoms with van der Waals surface area (Å²) in [5.41, 5.74) is -2.35. The van der Waals surface area contributed by atoms with E-state index in [1.165, 1.54) is 0 Å². The Morgan fingerprint density at radius 1 is 0.400 bits per heavy atom. The van der Waals surface area contributed by atoms with Crippen molar-refractivity contribution >= 4 is 35.8 Å². The van der Waals surface area contributed by atoms with Gasteiger partial charge in [0, 0.05) is 0 Å². The van der Waals surface area contributed by atoms with E-state index in [2.05, 4.69) is 0 Å². The zero-order chi connectivity index (χ0) is 23.2. The van der Waals surface area contributed by atoms with Crippen molar-refractivity contribution in [1.82, 2.24) is 0 Å². The predicted molar refractivity (Wildman–Crippen MR) is 94.6 cm³/mol. The third-order valence-electron chi connectivity index (χ3n) is 3.40. The van der Waals surface area contributed by atoms with E-state index in [1.54, 1.807) is 0 Å². The maximum Gasteiger partial charge on any atom is 0.336 e. The Morgan fingerprint density at radius 3 is 1.00 bits per heavy atom. The van der Waals surface area contributed by atoms with Crippen molar-refractivity contribution in [2.45, 2.75) is 0 Å². The lowest BCUT2D eigenvalue weighted by Crippen LogP contribution is -2.10. The first-order valence-electron chi connectivity index (χ1n) is 7.54. The van der Waals surface area contributed by atoms with Crippen molar-refractivity contribution in [3.63, 3.8) is 0 Å². The van der Waals surface area contributed by atoms with Crippen LogP contribution in [0.1, 0.15) is 62.1 Å². The normalized spacial score (nSPS) is 9.60. The van der Waals surface area contributed by atoms with E-state index in [-0.39, 0.29) is 22.3 Å². The zero-order valence-electron chi connectivity index (χ0n) is 14.6. The molecule has 0 saturated carbocycles. The van der Waals surface area contributed by atoms with Crippen LogP contribution in [0.2, 0.25) is 0 Å². The van der Waals surface area contributed by atoms with E-state index in [0.717, 1.165) is 36.4 Å². The second-order valence-electron chi connectivity index (χ2n) is 5.39. The van der Waals surface area contributed by atoms with E-state index >= 15 is 0 Å². The second kappa shape index (κ2) is 9.45. The first-order chi connectivity index (χ1) is 13.8. The van der Waals surface area contributed by atoms with Gasteiger partial charge in [0.25, 0.3) is 0 Å². The fourth-order valence-electron chi connectivity index (χ4n) is 2.04. The molecule has 6 N–H and O–H groups in total. The van der Waals surface area contributed by atoms with Gasteiger partial charge in [-0.05, 0) is 36.4 Å². The average Bonchev–Trinajstić information content (AvgIpc) is 2.67. The number of rotatable bonds is 6. The Kier molecular flexibility index (Phi) is 7.34. The van der Waals surface area contributed by atoms with Gasteiger partial charge in [-0.1, -0.05) is 0 Å². The van der Waals surface area contributed by atoms with Gasteiger partial charge in [-0.2, -0.15) is 0 Å².